The van der Waals surface area contributed by atoms with Gasteiger partial charge in [0.05, 0.1) is 10.7 Å². The number of aromatic nitrogens is 1. The number of carbonyl (C=O) groups is 2. The predicted molar refractivity (Wildman–Crippen MR) is 74.9 cm³/mol. The fourth-order valence-corrected chi connectivity index (χ4v) is 1.78. The van der Waals surface area contributed by atoms with Crippen molar-refractivity contribution in [3.8, 4) is 0 Å². The van der Waals surface area contributed by atoms with E-state index in [1.165, 1.54) is 19.1 Å². The van der Waals surface area contributed by atoms with Crippen LogP contribution in [0, 0.1) is 6.92 Å². The average Bonchev–Trinajstić information content (AvgIpc) is 2.79. The molecule has 0 saturated heterocycles. The molecule has 7 heteroatoms. The molecule has 0 saturated carbocycles. The van der Waals surface area contributed by atoms with Crippen molar-refractivity contribution in [1.29, 1.82) is 0 Å². The topological polar surface area (TPSA) is 84.2 Å². The van der Waals surface area contributed by atoms with Crippen molar-refractivity contribution in [3.63, 3.8) is 0 Å². The lowest BCUT2D eigenvalue weighted by Crippen LogP contribution is -2.12. The molecule has 0 radical (unpaired) electrons. The molecular weight excluding hydrogens is 282 g/mol. The van der Waals surface area contributed by atoms with Gasteiger partial charge in [0.1, 0.15) is 5.76 Å². The molecule has 0 aliphatic heterocycles. The molecule has 0 spiro atoms. The minimum absolute atomic E-state index is 0.185. The van der Waals surface area contributed by atoms with Crippen LogP contribution in [0.1, 0.15) is 23.2 Å². The molecule has 2 N–H and O–H groups in total. The molecule has 1 aromatic carbocycles. The number of hydrogen-bond acceptors (Lipinski definition) is 4. The summed E-state index contributed by atoms with van der Waals surface area (Å²) in [6, 6.07) is 6.30. The van der Waals surface area contributed by atoms with Crippen LogP contribution in [-0.4, -0.2) is 17.0 Å². The van der Waals surface area contributed by atoms with E-state index in [1.807, 2.05) is 0 Å². The first-order valence-corrected chi connectivity index (χ1v) is 6.15. The second-order valence-corrected chi connectivity index (χ2v) is 4.56. The Kier molecular flexibility index (Phi) is 4.05. The Hall–Kier alpha value is -2.34. The summed E-state index contributed by atoms with van der Waals surface area (Å²) in [5, 5.41) is 9.15. The summed E-state index contributed by atoms with van der Waals surface area (Å²) < 4.78 is 4.83. The van der Waals surface area contributed by atoms with E-state index in [-0.39, 0.29) is 11.6 Å². The molecule has 0 atom stereocenters. The summed E-state index contributed by atoms with van der Waals surface area (Å²) in [6.07, 6.45) is 0. The maximum Gasteiger partial charge on any atom is 0.277 e. The summed E-state index contributed by atoms with van der Waals surface area (Å²) in [7, 11) is 0. The molecule has 0 bridgehead atoms. The van der Waals surface area contributed by atoms with Gasteiger partial charge in [0.15, 0.2) is 5.69 Å². The summed E-state index contributed by atoms with van der Waals surface area (Å²) in [4.78, 5) is 22.8. The average molecular weight is 294 g/mol. The minimum atomic E-state index is -0.398. The Morgan fingerprint density at radius 2 is 2.00 bits per heavy atom. The molecule has 20 heavy (non-hydrogen) atoms. The van der Waals surface area contributed by atoms with Gasteiger partial charge >= 0.3 is 0 Å². The third kappa shape index (κ3) is 3.36. The standard InChI is InChI=1S/C13H12ClN3O3/c1-7-5-12(17-20-7)13(19)16-9-3-4-11(10(14)6-9)15-8(2)18/h3-6H,1-2H3,(H,15,18)(H,16,19). The lowest BCUT2D eigenvalue weighted by atomic mass is 10.2. The van der Waals surface area contributed by atoms with Crippen molar-refractivity contribution >= 4 is 34.8 Å². The Bertz CT molecular complexity index is 667. The van der Waals surface area contributed by atoms with Gasteiger partial charge in [-0.3, -0.25) is 9.59 Å². The highest BCUT2D eigenvalue weighted by molar-refractivity contribution is 6.34. The van der Waals surface area contributed by atoms with Crippen LogP contribution in [0.15, 0.2) is 28.8 Å². The van der Waals surface area contributed by atoms with Crippen molar-refractivity contribution < 1.29 is 14.1 Å². The van der Waals surface area contributed by atoms with Crippen LogP contribution in [0.4, 0.5) is 11.4 Å². The van der Waals surface area contributed by atoms with Crippen LogP contribution >= 0.6 is 11.6 Å². The van der Waals surface area contributed by atoms with Gasteiger partial charge in [-0.25, -0.2) is 0 Å². The van der Waals surface area contributed by atoms with Gasteiger partial charge in [-0.05, 0) is 25.1 Å². The minimum Gasteiger partial charge on any atom is -0.361 e. The van der Waals surface area contributed by atoms with Crippen LogP contribution in [0.3, 0.4) is 0 Å². The van der Waals surface area contributed by atoms with Gasteiger partial charge in [0, 0.05) is 18.7 Å². The molecule has 0 aliphatic carbocycles. The number of nitrogens with zero attached hydrogens (tertiary/aromatic N) is 1. The number of halogens is 1. The van der Waals surface area contributed by atoms with E-state index in [2.05, 4.69) is 15.8 Å². The summed E-state index contributed by atoms with van der Waals surface area (Å²) in [6.45, 7) is 3.09. The van der Waals surface area contributed by atoms with Crippen molar-refractivity contribution in [2.24, 2.45) is 0 Å². The lowest BCUT2D eigenvalue weighted by Gasteiger charge is -2.08. The SMILES string of the molecule is CC(=O)Nc1ccc(NC(=O)c2cc(C)on2)cc1Cl. The molecule has 6 nitrogen and oxygen atoms in total. The van der Waals surface area contributed by atoms with Gasteiger partial charge in [-0.2, -0.15) is 0 Å². The number of amides is 2. The summed E-state index contributed by atoms with van der Waals surface area (Å²) >= 11 is 6.01. The fourth-order valence-electron chi connectivity index (χ4n) is 1.55. The molecule has 0 fully saturated rings. The Morgan fingerprint density at radius 1 is 1.25 bits per heavy atom. The van der Waals surface area contributed by atoms with Crippen LogP contribution in [-0.2, 0) is 4.79 Å². The van der Waals surface area contributed by atoms with E-state index in [0.29, 0.717) is 22.2 Å². The van der Waals surface area contributed by atoms with Crippen LogP contribution in [0.2, 0.25) is 5.02 Å². The summed E-state index contributed by atoms with van der Waals surface area (Å²) in [5.41, 5.74) is 1.16. The zero-order chi connectivity index (χ0) is 14.7. The predicted octanol–water partition coefficient (Wildman–Crippen LogP) is 2.85. The Labute approximate surface area is 120 Å². The van der Waals surface area contributed by atoms with Gasteiger partial charge < -0.3 is 15.2 Å². The number of anilines is 2. The number of nitrogens with one attached hydrogen (secondary N) is 2. The maximum absolute atomic E-state index is 11.9. The highest BCUT2D eigenvalue weighted by Crippen LogP contribution is 2.25. The first kappa shape index (κ1) is 14.1. The quantitative estimate of drug-likeness (QED) is 0.911. The molecule has 104 valence electrons. The molecule has 1 heterocycles. The first-order chi connectivity index (χ1) is 9.45. The zero-order valence-corrected chi connectivity index (χ0v) is 11.6. The molecule has 0 unspecified atom stereocenters. The van der Waals surface area contributed by atoms with E-state index >= 15 is 0 Å². The number of rotatable bonds is 3. The largest absolute Gasteiger partial charge is 0.361 e. The van der Waals surface area contributed by atoms with Crippen LogP contribution in [0.25, 0.3) is 0 Å². The highest BCUT2D eigenvalue weighted by Gasteiger charge is 2.12. The van der Waals surface area contributed by atoms with Gasteiger partial charge in [-0.15, -0.1) is 0 Å². The smallest absolute Gasteiger partial charge is 0.277 e. The van der Waals surface area contributed by atoms with Crippen molar-refractivity contribution in [3.05, 3.63) is 40.7 Å². The monoisotopic (exact) mass is 293 g/mol. The van der Waals surface area contributed by atoms with Gasteiger partial charge in [0.2, 0.25) is 5.91 Å². The van der Waals surface area contributed by atoms with E-state index in [9.17, 15) is 9.59 Å². The molecule has 0 aliphatic rings. The second-order valence-electron chi connectivity index (χ2n) is 4.15. The molecular formula is C13H12ClN3O3. The summed E-state index contributed by atoms with van der Waals surface area (Å²) in [5.74, 6) is -0.0684. The first-order valence-electron chi connectivity index (χ1n) is 5.77. The van der Waals surface area contributed by atoms with Crippen molar-refractivity contribution in [1.82, 2.24) is 5.16 Å². The third-order valence-corrected chi connectivity index (χ3v) is 2.71. The number of carbonyl (C=O) groups excluding carboxylic acids is 2. The normalized spacial score (nSPS) is 10.2. The van der Waals surface area contributed by atoms with E-state index < -0.39 is 5.91 Å². The lowest BCUT2D eigenvalue weighted by molar-refractivity contribution is -0.114. The zero-order valence-electron chi connectivity index (χ0n) is 10.9. The number of hydrogen-bond donors (Lipinski definition) is 2. The van der Waals surface area contributed by atoms with Crippen LogP contribution in [0.5, 0.6) is 0 Å². The number of benzene rings is 1. The Balaban J connectivity index is 2.12. The maximum atomic E-state index is 11.9. The van der Waals surface area contributed by atoms with Gasteiger partial charge in [-0.1, -0.05) is 16.8 Å². The molecule has 1 aromatic heterocycles. The second kappa shape index (κ2) is 5.75. The third-order valence-electron chi connectivity index (χ3n) is 2.40. The van der Waals surface area contributed by atoms with Crippen molar-refractivity contribution in [2.75, 3.05) is 10.6 Å². The molecule has 2 rings (SSSR count). The van der Waals surface area contributed by atoms with E-state index in [1.54, 1.807) is 19.1 Å². The van der Waals surface area contributed by atoms with Gasteiger partial charge in [0.25, 0.3) is 5.91 Å². The fraction of sp³-hybridized carbons (Fsp3) is 0.154. The highest BCUT2D eigenvalue weighted by atomic mass is 35.5. The van der Waals surface area contributed by atoms with E-state index in [4.69, 9.17) is 16.1 Å². The Morgan fingerprint density at radius 3 is 2.55 bits per heavy atom. The van der Waals surface area contributed by atoms with Crippen molar-refractivity contribution in [2.45, 2.75) is 13.8 Å². The number of aryl methyl sites for hydroxylation is 1. The van der Waals surface area contributed by atoms with E-state index in [0.717, 1.165) is 0 Å². The molecule has 2 aromatic rings. The molecule has 2 amide bonds. The van der Waals surface area contributed by atoms with Crippen LogP contribution < -0.4 is 10.6 Å².